The summed E-state index contributed by atoms with van der Waals surface area (Å²) in [6.45, 7) is -1.52. The quantitative estimate of drug-likeness (QED) is 0.102. The van der Waals surface area contributed by atoms with Crippen LogP contribution in [0.3, 0.4) is 0 Å². The van der Waals surface area contributed by atoms with Crippen LogP contribution in [0.1, 0.15) is 19.3 Å². The van der Waals surface area contributed by atoms with Gasteiger partial charge in [-0.1, -0.05) is 0 Å². The van der Waals surface area contributed by atoms with Gasteiger partial charge in [0.1, 0.15) is 0 Å². The Balaban J connectivity index is 0. The molecular formula is C18H11Cl2F20N2NaO4. The number of alkyl halides is 22. The molecular weight excluding hydrogens is 782 g/mol. The van der Waals surface area contributed by atoms with Crippen molar-refractivity contribution in [2.24, 2.45) is 0 Å². The van der Waals surface area contributed by atoms with Gasteiger partial charge in [0.05, 0.1) is 12.0 Å². The Bertz CT molecular complexity index is 1150. The summed E-state index contributed by atoms with van der Waals surface area (Å²) in [5.41, 5.74) is 0. The fourth-order valence-corrected chi connectivity index (χ4v) is 2.95. The van der Waals surface area contributed by atoms with Gasteiger partial charge in [0.2, 0.25) is 0 Å². The molecule has 0 spiro atoms. The second kappa shape index (κ2) is 14.4. The zero-order chi connectivity index (χ0) is 37.6. The number of carbonyl (C=O) groups is 3. The molecule has 0 aromatic carbocycles. The van der Waals surface area contributed by atoms with Gasteiger partial charge in [-0.2, -0.15) is 87.8 Å². The first kappa shape index (κ1) is 47.7. The normalized spacial score (nSPS) is 15.4. The molecule has 2 N–H and O–H groups in total. The number of carbonyl (C=O) groups excluding carboxylic acids is 3. The first-order valence-corrected chi connectivity index (χ1v) is 11.6. The van der Waals surface area contributed by atoms with Crippen LogP contribution in [-0.2, 0) is 14.4 Å². The maximum atomic E-state index is 13.8. The summed E-state index contributed by atoms with van der Waals surface area (Å²) in [7, 11) is 0. The summed E-state index contributed by atoms with van der Waals surface area (Å²) < 4.78 is 265. The Kier molecular flexibility index (Phi) is 14.7. The van der Waals surface area contributed by atoms with Crippen LogP contribution < -0.4 is 45.3 Å². The number of nitrogens with one attached hydrogen (secondary N) is 2. The Hall–Kier alpha value is -1.41. The molecule has 0 rings (SSSR count). The summed E-state index contributed by atoms with van der Waals surface area (Å²) in [4.78, 5) is 33.7. The van der Waals surface area contributed by atoms with E-state index >= 15 is 0 Å². The summed E-state index contributed by atoms with van der Waals surface area (Å²) in [6, 6.07) is -3.06. The van der Waals surface area contributed by atoms with E-state index in [0.717, 1.165) is 0 Å². The molecule has 1 unspecified atom stereocenters. The minimum atomic E-state index is -7.83. The van der Waals surface area contributed by atoms with Gasteiger partial charge in [-0.3, -0.25) is 9.59 Å². The van der Waals surface area contributed by atoms with Crippen LogP contribution in [0.4, 0.5) is 87.8 Å². The number of halogens is 22. The number of unbranched alkanes of at least 4 members (excludes halogenated alkanes) is 1. The van der Waals surface area contributed by atoms with Crippen LogP contribution in [0.15, 0.2) is 0 Å². The number of carboxylic acids is 1. The van der Waals surface area contributed by atoms with E-state index in [9.17, 15) is 107 Å². The molecule has 47 heavy (non-hydrogen) atoms. The smallest absolute Gasteiger partial charge is 0.548 e. The van der Waals surface area contributed by atoms with Gasteiger partial charge < -0.3 is 20.5 Å². The number of aliphatic carboxylic acids is 1. The number of amides is 2. The number of carboxylic acid groups (broad SMARTS) is 1. The molecule has 0 saturated heterocycles. The number of hydrogen-bond acceptors (Lipinski definition) is 4. The van der Waals surface area contributed by atoms with Crippen molar-refractivity contribution in [1.82, 2.24) is 10.6 Å². The van der Waals surface area contributed by atoms with Crippen molar-refractivity contribution >= 4 is 41.0 Å². The minimum Gasteiger partial charge on any atom is -0.548 e. The largest absolute Gasteiger partial charge is 1.00 e. The van der Waals surface area contributed by atoms with Crippen molar-refractivity contribution < 1.29 is 137 Å². The third-order valence-electron chi connectivity index (χ3n) is 5.44. The second-order valence-corrected chi connectivity index (χ2v) is 9.64. The zero-order valence-corrected chi connectivity index (χ0v) is 25.4. The molecule has 0 heterocycles. The Morgan fingerprint density at radius 3 is 1.15 bits per heavy atom. The molecule has 1 atom stereocenters. The van der Waals surface area contributed by atoms with E-state index in [0.29, 0.717) is 10.6 Å². The Labute approximate surface area is 278 Å². The number of hydrogen-bond donors (Lipinski definition) is 2. The van der Waals surface area contributed by atoms with Gasteiger partial charge in [0.15, 0.2) is 0 Å². The summed E-state index contributed by atoms with van der Waals surface area (Å²) in [6.07, 6.45) is -3.69. The summed E-state index contributed by atoms with van der Waals surface area (Å²) in [5, 5.41) is -1.24. The molecule has 6 nitrogen and oxygen atoms in total. The molecule has 0 fully saturated rings. The molecule has 0 aromatic rings. The average molecular weight is 793 g/mol. The van der Waals surface area contributed by atoms with Crippen molar-refractivity contribution in [3.8, 4) is 0 Å². The Morgan fingerprint density at radius 2 is 0.851 bits per heavy atom. The fourth-order valence-electron chi connectivity index (χ4n) is 2.71. The van der Waals surface area contributed by atoms with E-state index in [1.165, 1.54) is 0 Å². The standard InChI is InChI=1S/C18H12Cl2F20N2O4.Na/c19-17(37,38)15(33,34)13(29,30)11(25,26)9(21,22)7(45)41-4-2-1-3-5(6(43)44)42-8(46)10(23,24)12(27,28)14(31,32)16(35,36)18(20,39)40;/h5H,1-4H2,(H,41,45)(H,42,46)(H,43,44);/q;+1/p-1. The van der Waals surface area contributed by atoms with E-state index in [2.05, 4.69) is 23.2 Å². The third kappa shape index (κ3) is 8.32. The van der Waals surface area contributed by atoms with Crippen molar-refractivity contribution in [3.63, 3.8) is 0 Å². The average Bonchev–Trinajstić information content (AvgIpc) is 2.85. The minimum absolute atomic E-state index is 0. The summed E-state index contributed by atoms with van der Waals surface area (Å²) in [5.74, 6) is -70.1. The van der Waals surface area contributed by atoms with Crippen LogP contribution in [0.2, 0.25) is 0 Å². The van der Waals surface area contributed by atoms with Crippen LogP contribution in [-0.4, -0.2) is 88.5 Å². The van der Waals surface area contributed by atoms with Crippen molar-refractivity contribution in [3.05, 3.63) is 0 Å². The molecule has 272 valence electrons. The molecule has 0 aliphatic heterocycles. The van der Waals surface area contributed by atoms with Crippen LogP contribution >= 0.6 is 23.2 Å². The van der Waals surface area contributed by atoms with Gasteiger partial charge in [0.25, 0.3) is 11.8 Å². The first-order chi connectivity index (χ1) is 19.9. The predicted molar refractivity (Wildman–Crippen MR) is 105 cm³/mol. The molecule has 0 aliphatic rings. The summed E-state index contributed by atoms with van der Waals surface area (Å²) >= 11 is 7.10. The fraction of sp³-hybridized carbons (Fsp3) is 0.833. The molecule has 0 aliphatic carbocycles. The second-order valence-electron chi connectivity index (χ2n) is 8.69. The molecule has 29 heteroatoms. The van der Waals surface area contributed by atoms with Gasteiger partial charge in [-0.25, -0.2) is 0 Å². The van der Waals surface area contributed by atoms with E-state index in [1.807, 2.05) is 0 Å². The van der Waals surface area contributed by atoms with Gasteiger partial charge >= 0.3 is 87.7 Å². The third-order valence-corrected chi connectivity index (χ3v) is 5.92. The maximum absolute atomic E-state index is 13.8. The molecule has 0 radical (unpaired) electrons. The topological polar surface area (TPSA) is 98.3 Å². The molecule has 2 amide bonds. The van der Waals surface area contributed by atoms with Crippen molar-refractivity contribution in [2.75, 3.05) is 6.54 Å². The van der Waals surface area contributed by atoms with E-state index in [-0.39, 0.29) is 29.6 Å². The van der Waals surface area contributed by atoms with Crippen molar-refractivity contribution in [2.45, 2.75) is 83.4 Å². The van der Waals surface area contributed by atoms with Crippen LogP contribution in [0, 0.1) is 0 Å². The van der Waals surface area contributed by atoms with Gasteiger partial charge in [-0.05, 0) is 42.5 Å². The van der Waals surface area contributed by atoms with E-state index < -0.39 is 108 Å². The number of rotatable bonds is 17. The van der Waals surface area contributed by atoms with Crippen molar-refractivity contribution in [1.29, 1.82) is 0 Å². The van der Waals surface area contributed by atoms with E-state index in [1.54, 1.807) is 0 Å². The molecule has 0 saturated carbocycles. The van der Waals surface area contributed by atoms with Crippen LogP contribution in [0.25, 0.3) is 0 Å². The molecule has 0 bridgehead atoms. The molecule has 0 aromatic heterocycles. The zero-order valence-electron chi connectivity index (χ0n) is 21.9. The van der Waals surface area contributed by atoms with Crippen LogP contribution in [0.5, 0.6) is 0 Å². The SMILES string of the molecule is O=C([O-])C(CCCCNC(=O)C(F)(F)C(F)(F)C(F)(F)C(F)(F)C(F)(F)Cl)NC(=O)C(F)(F)C(F)(F)C(F)(F)C(F)(F)C(F)(F)Cl.[Na+]. The monoisotopic (exact) mass is 792 g/mol. The Morgan fingerprint density at radius 1 is 0.532 bits per heavy atom. The van der Waals surface area contributed by atoms with Gasteiger partial charge in [-0.15, -0.1) is 0 Å². The van der Waals surface area contributed by atoms with Gasteiger partial charge in [0, 0.05) is 6.54 Å². The first-order valence-electron chi connectivity index (χ1n) is 10.8. The van der Waals surface area contributed by atoms with E-state index in [4.69, 9.17) is 0 Å². The predicted octanol–water partition coefficient (Wildman–Crippen LogP) is 2.26. The maximum Gasteiger partial charge on any atom is 1.00 e.